The second kappa shape index (κ2) is 12.9. The molecule has 0 fully saturated rings. The summed E-state index contributed by atoms with van der Waals surface area (Å²) in [4.78, 5) is 10.3. The van der Waals surface area contributed by atoms with Crippen LogP contribution in [-0.4, -0.2) is 14.5 Å². The minimum Gasteiger partial charge on any atom is -0.309 e. The maximum absolute atomic E-state index is 5.23. The summed E-state index contributed by atoms with van der Waals surface area (Å²) in [5.74, 6) is 0.704. The van der Waals surface area contributed by atoms with Crippen LogP contribution in [0.15, 0.2) is 200 Å². The molecule has 0 spiro atoms. The first-order valence-electron chi connectivity index (χ1n) is 18.0. The van der Waals surface area contributed by atoms with E-state index in [-0.39, 0.29) is 0 Å². The van der Waals surface area contributed by atoms with E-state index < -0.39 is 0 Å². The van der Waals surface area contributed by atoms with Gasteiger partial charge in [-0.25, -0.2) is 9.97 Å². The first-order valence-corrected chi connectivity index (χ1v) is 18.0. The van der Waals surface area contributed by atoms with Crippen LogP contribution in [0.4, 0.5) is 0 Å². The van der Waals surface area contributed by atoms with E-state index in [1.54, 1.807) is 0 Å². The zero-order chi connectivity index (χ0) is 35.1. The minimum absolute atomic E-state index is 0.704. The zero-order valence-corrected chi connectivity index (χ0v) is 28.9. The summed E-state index contributed by atoms with van der Waals surface area (Å²) in [5, 5.41) is 4.77. The smallest absolute Gasteiger partial charge is 0.160 e. The Morgan fingerprint density at radius 2 is 0.811 bits per heavy atom. The Bertz CT molecular complexity index is 2910. The van der Waals surface area contributed by atoms with Crippen molar-refractivity contribution in [2.45, 2.75) is 0 Å². The molecule has 0 atom stereocenters. The minimum atomic E-state index is 0.704. The van der Waals surface area contributed by atoms with Crippen LogP contribution in [0.5, 0.6) is 0 Å². The van der Waals surface area contributed by atoms with E-state index in [0.29, 0.717) is 5.82 Å². The molecular formula is C50H33N3. The quantitative estimate of drug-likeness (QED) is 0.176. The molecule has 0 bridgehead atoms. The van der Waals surface area contributed by atoms with Gasteiger partial charge in [-0.3, -0.25) is 0 Å². The number of benzene rings is 8. The predicted octanol–water partition coefficient (Wildman–Crippen LogP) is 13.1. The van der Waals surface area contributed by atoms with Gasteiger partial charge in [-0.15, -0.1) is 0 Å². The van der Waals surface area contributed by atoms with Crippen LogP contribution >= 0.6 is 0 Å². The van der Waals surface area contributed by atoms with Gasteiger partial charge < -0.3 is 4.57 Å². The summed E-state index contributed by atoms with van der Waals surface area (Å²) in [6.45, 7) is 0. The van der Waals surface area contributed by atoms with Crippen molar-refractivity contribution >= 4 is 32.6 Å². The summed E-state index contributed by atoms with van der Waals surface area (Å²) in [5.41, 5.74) is 13.2. The third kappa shape index (κ3) is 5.47. The molecule has 0 unspecified atom stereocenters. The van der Waals surface area contributed by atoms with E-state index in [1.807, 2.05) is 24.3 Å². The van der Waals surface area contributed by atoms with Gasteiger partial charge in [-0.2, -0.15) is 0 Å². The molecule has 2 heterocycles. The standard InChI is InChI=1S/C50H33N3/c1-4-14-34(15-5-1)36-24-26-37(27-25-36)45-33-46(52-50(51-45)38-18-8-3-9-19-38)41-29-31-48(42-21-11-10-20-40(41)42)53-47-23-13-12-22-43(47)44-32-39(28-30-49(44)53)35-16-6-2-7-17-35/h1-33H. The molecule has 0 saturated heterocycles. The summed E-state index contributed by atoms with van der Waals surface area (Å²) in [6, 6.07) is 70.9. The monoisotopic (exact) mass is 675 g/mol. The number of hydrogen-bond acceptors (Lipinski definition) is 2. The lowest BCUT2D eigenvalue weighted by molar-refractivity contribution is 1.18. The molecule has 0 amide bonds. The van der Waals surface area contributed by atoms with Gasteiger partial charge in [-0.1, -0.05) is 170 Å². The Morgan fingerprint density at radius 1 is 0.302 bits per heavy atom. The number of rotatable bonds is 6. The van der Waals surface area contributed by atoms with Crippen molar-refractivity contribution in [1.29, 1.82) is 0 Å². The maximum atomic E-state index is 5.23. The van der Waals surface area contributed by atoms with Crippen molar-refractivity contribution in [3.8, 4) is 61.8 Å². The van der Waals surface area contributed by atoms with Gasteiger partial charge >= 0.3 is 0 Å². The zero-order valence-electron chi connectivity index (χ0n) is 28.9. The van der Waals surface area contributed by atoms with E-state index in [4.69, 9.17) is 9.97 Å². The van der Waals surface area contributed by atoms with Crippen LogP contribution in [0.1, 0.15) is 0 Å². The normalized spacial score (nSPS) is 11.4. The molecule has 0 saturated carbocycles. The molecule has 0 aliphatic rings. The molecule has 3 heteroatoms. The third-order valence-electron chi connectivity index (χ3n) is 10.2. The van der Waals surface area contributed by atoms with Crippen LogP contribution in [0.2, 0.25) is 0 Å². The van der Waals surface area contributed by atoms with Gasteiger partial charge in [0.25, 0.3) is 0 Å². The molecule has 0 radical (unpaired) electrons. The topological polar surface area (TPSA) is 30.7 Å². The second-order valence-electron chi connectivity index (χ2n) is 13.4. The molecule has 53 heavy (non-hydrogen) atoms. The molecule has 0 aliphatic carbocycles. The van der Waals surface area contributed by atoms with Crippen molar-refractivity contribution in [3.05, 3.63) is 200 Å². The van der Waals surface area contributed by atoms with Gasteiger partial charge in [0.2, 0.25) is 0 Å². The number of para-hydroxylation sites is 1. The van der Waals surface area contributed by atoms with Crippen LogP contribution in [0.3, 0.4) is 0 Å². The fourth-order valence-corrected chi connectivity index (χ4v) is 7.66. The van der Waals surface area contributed by atoms with Crippen molar-refractivity contribution in [2.75, 3.05) is 0 Å². The maximum Gasteiger partial charge on any atom is 0.160 e. The lowest BCUT2D eigenvalue weighted by Gasteiger charge is -2.16. The highest BCUT2D eigenvalue weighted by molar-refractivity contribution is 6.12. The average molecular weight is 676 g/mol. The summed E-state index contributed by atoms with van der Waals surface area (Å²) in [6.07, 6.45) is 0. The van der Waals surface area contributed by atoms with Gasteiger partial charge in [0.15, 0.2) is 5.82 Å². The summed E-state index contributed by atoms with van der Waals surface area (Å²) in [7, 11) is 0. The van der Waals surface area contributed by atoms with Gasteiger partial charge in [0.1, 0.15) is 0 Å². The molecule has 248 valence electrons. The molecule has 8 aromatic carbocycles. The Balaban J connectivity index is 1.15. The van der Waals surface area contributed by atoms with E-state index in [0.717, 1.165) is 44.5 Å². The number of aromatic nitrogens is 3. The van der Waals surface area contributed by atoms with E-state index in [9.17, 15) is 0 Å². The van der Waals surface area contributed by atoms with E-state index in [2.05, 4.69) is 180 Å². The lowest BCUT2D eigenvalue weighted by Crippen LogP contribution is -1.99. The fourth-order valence-electron chi connectivity index (χ4n) is 7.66. The van der Waals surface area contributed by atoms with Crippen molar-refractivity contribution in [2.24, 2.45) is 0 Å². The SMILES string of the molecule is c1ccc(-c2ccc(-c3cc(-c4ccc(-n5c6ccccc6c6cc(-c7ccccc7)ccc65)c5ccccc45)nc(-c4ccccc4)n3)cc2)cc1. The van der Waals surface area contributed by atoms with E-state index >= 15 is 0 Å². The number of hydrogen-bond donors (Lipinski definition) is 0. The fraction of sp³-hybridized carbons (Fsp3) is 0. The molecule has 3 nitrogen and oxygen atoms in total. The third-order valence-corrected chi connectivity index (χ3v) is 10.2. The lowest BCUT2D eigenvalue weighted by atomic mass is 9.98. The Morgan fingerprint density at radius 3 is 1.53 bits per heavy atom. The Hall–Kier alpha value is -7.10. The Labute approximate surface area is 308 Å². The molecule has 0 aliphatic heterocycles. The molecule has 10 rings (SSSR count). The predicted molar refractivity (Wildman–Crippen MR) is 221 cm³/mol. The molecule has 10 aromatic rings. The van der Waals surface area contributed by atoms with Crippen molar-refractivity contribution < 1.29 is 0 Å². The van der Waals surface area contributed by atoms with Crippen LogP contribution in [0, 0.1) is 0 Å². The van der Waals surface area contributed by atoms with E-state index in [1.165, 1.54) is 44.1 Å². The highest BCUT2D eigenvalue weighted by Crippen LogP contribution is 2.40. The largest absolute Gasteiger partial charge is 0.309 e. The highest BCUT2D eigenvalue weighted by Gasteiger charge is 2.18. The van der Waals surface area contributed by atoms with Gasteiger partial charge in [0.05, 0.1) is 28.1 Å². The van der Waals surface area contributed by atoms with Crippen molar-refractivity contribution in [1.82, 2.24) is 14.5 Å². The summed E-state index contributed by atoms with van der Waals surface area (Å²) >= 11 is 0. The van der Waals surface area contributed by atoms with Crippen LogP contribution in [0.25, 0.3) is 94.4 Å². The van der Waals surface area contributed by atoms with Crippen molar-refractivity contribution in [3.63, 3.8) is 0 Å². The van der Waals surface area contributed by atoms with Crippen LogP contribution in [-0.2, 0) is 0 Å². The highest BCUT2D eigenvalue weighted by atomic mass is 15.0. The van der Waals surface area contributed by atoms with Gasteiger partial charge in [0, 0.05) is 32.8 Å². The Kier molecular flexibility index (Phi) is 7.47. The first-order chi connectivity index (χ1) is 26.3. The molecular weight excluding hydrogens is 643 g/mol. The average Bonchev–Trinajstić information content (AvgIpc) is 3.57. The van der Waals surface area contributed by atoms with Crippen LogP contribution < -0.4 is 0 Å². The molecule has 2 aromatic heterocycles. The van der Waals surface area contributed by atoms with Gasteiger partial charge in [-0.05, 0) is 58.0 Å². The number of fused-ring (bicyclic) bond motifs is 4. The second-order valence-corrected chi connectivity index (χ2v) is 13.4. The molecule has 0 N–H and O–H groups in total. The first kappa shape index (κ1) is 30.7. The summed E-state index contributed by atoms with van der Waals surface area (Å²) < 4.78 is 2.42. The number of nitrogens with zero attached hydrogens (tertiary/aromatic N) is 3.